The molecule has 0 aliphatic heterocycles. The lowest BCUT2D eigenvalue weighted by molar-refractivity contribution is 0.754. The highest BCUT2D eigenvalue weighted by Gasteiger charge is 2.07. The smallest absolute Gasteiger partial charge is 0.222 e. The van der Waals surface area contributed by atoms with Crippen molar-refractivity contribution in [1.29, 1.82) is 0 Å². The normalized spacial score (nSPS) is 12.4. The lowest BCUT2D eigenvalue weighted by Gasteiger charge is -2.11. The van der Waals surface area contributed by atoms with Crippen LogP contribution in [0.2, 0.25) is 0 Å². The van der Waals surface area contributed by atoms with E-state index in [1.807, 2.05) is 13.0 Å². The predicted octanol–water partition coefficient (Wildman–Crippen LogP) is 2.31. The van der Waals surface area contributed by atoms with Gasteiger partial charge < -0.3 is 5.32 Å². The summed E-state index contributed by atoms with van der Waals surface area (Å²) in [5.41, 5.74) is 2.12. The highest BCUT2D eigenvalue weighted by atomic mass is 79.9. The van der Waals surface area contributed by atoms with Gasteiger partial charge in [-0.3, -0.25) is 5.10 Å². The Labute approximate surface area is 108 Å². The number of nitrogens with zero attached hydrogens (tertiary/aromatic N) is 3. The molecule has 0 aliphatic carbocycles. The molecule has 1 unspecified atom stereocenters. The maximum absolute atomic E-state index is 4.20. The number of H-pyrrole nitrogens is 1. The third-order valence-electron chi connectivity index (χ3n) is 2.27. The van der Waals surface area contributed by atoms with E-state index < -0.39 is 0 Å². The summed E-state index contributed by atoms with van der Waals surface area (Å²) in [6.07, 6.45) is 4.28. The summed E-state index contributed by atoms with van der Waals surface area (Å²) in [5.74, 6) is 0.632. The van der Waals surface area contributed by atoms with E-state index >= 15 is 0 Å². The van der Waals surface area contributed by atoms with Gasteiger partial charge in [0.05, 0.1) is 10.2 Å². The molecule has 5 nitrogen and oxygen atoms in total. The Morgan fingerprint density at radius 2 is 2.12 bits per heavy atom. The Bertz CT molecular complexity index is 479. The largest absolute Gasteiger partial charge is 0.351 e. The maximum Gasteiger partial charge on any atom is 0.222 e. The minimum absolute atomic E-state index is 0.235. The van der Waals surface area contributed by atoms with Gasteiger partial charge in [-0.2, -0.15) is 5.10 Å². The first kappa shape index (κ1) is 12.0. The van der Waals surface area contributed by atoms with Gasteiger partial charge >= 0.3 is 0 Å². The maximum atomic E-state index is 4.20. The molecule has 2 aromatic heterocycles. The van der Waals surface area contributed by atoms with Gasteiger partial charge in [0.2, 0.25) is 5.95 Å². The summed E-state index contributed by atoms with van der Waals surface area (Å²) in [6, 6.07) is 2.28. The minimum atomic E-state index is 0.235. The standard InChI is InChI=1S/C11H14BrN5/c1-7(3-10-4-8(2)16-17-10)15-11-13-5-9(12)6-14-11/h4-7H,3H2,1-2H3,(H,16,17)(H,13,14,15). The summed E-state index contributed by atoms with van der Waals surface area (Å²) in [6.45, 7) is 4.07. The third-order valence-corrected chi connectivity index (χ3v) is 2.68. The number of halogens is 1. The SMILES string of the molecule is Cc1cc(CC(C)Nc2ncc(Br)cn2)n[nH]1. The van der Waals surface area contributed by atoms with E-state index in [-0.39, 0.29) is 6.04 Å². The monoisotopic (exact) mass is 295 g/mol. The topological polar surface area (TPSA) is 66.5 Å². The summed E-state index contributed by atoms with van der Waals surface area (Å²) < 4.78 is 0.874. The van der Waals surface area contributed by atoms with Crippen molar-refractivity contribution in [3.63, 3.8) is 0 Å². The molecule has 2 aromatic rings. The molecule has 2 N–H and O–H groups in total. The van der Waals surface area contributed by atoms with E-state index in [2.05, 4.69) is 48.3 Å². The van der Waals surface area contributed by atoms with E-state index in [0.29, 0.717) is 5.95 Å². The molecule has 0 aliphatic rings. The van der Waals surface area contributed by atoms with Crippen molar-refractivity contribution >= 4 is 21.9 Å². The molecule has 17 heavy (non-hydrogen) atoms. The Morgan fingerprint density at radius 1 is 1.41 bits per heavy atom. The molecule has 0 bridgehead atoms. The summed E-state index contributed by atoms with van der Waals surface area (Å²) in [7, 11) is 0. The van der Waals surface area contributed by atoms with E-state index in [0.717, 1.165) is 22.3 Å². The minimum Gasteiger partial charge on any atom is -0.351 e. The third kappa shape index (κ3) is 3.52. The van der Waals surface area contributed by atoms with Gasteiger partial charge in [0, 0.05) is 30.6 Å². The number of aryl methyl sites for hydroxylation is 1. The second-order valence-electron chi connectivity index (χ2n) is 4.02. The Balaban J connectivity index is 1.93. The van der Waals surface area contributed by atoms with Crippen molar-refractivity contribution in [2.24, 2.45) is 0 Å². The number of nitrogens with one attached hydrogen (secondary N) is 2. The Kier molecular flexibility index (Phi) is 3.73. The predicted molar refractivity (Wildman–Crippen MR) is 69.8 cm³/mol. The van der Waals surface area contributed by atoms with Crippen LogP contribution in [0.5, 0.6) is 0 Å². The van der Waals surface area contributed by atoms with Gasteiger partial charge in [0.1, 0.15) is 0 Å². The Morgan fingerprint density at radius 3 is 2.71 bits per heavy atom. The van der Waals surface area contributed by atoms with E-state index in [4.69, 9.17) is 0 Å². The molecule has 0 saturated carbocycles. The summed E-state index contributed by atoms with van der Waals surface area (Å²) >= 11 is 3.30. The molecule has 0 spiro atoms. The van der Waals surface area contributed by atoms with Crippen molar-refractivity contribution < 1.29 is 0 Å². The molecule has 0 fully saturated rings. The lowest BCUT2D eigenvalue weighted by atomic mass is 10.2. The second-order valence-corrected chi connectivity index (χ2v) is 4.93. The lowest BCUT2D eigenvalue weighted by Crippen LogP contribution is -2.19. The van der Waals surface area contributed by atoms with Crippen LogP contribution >= 0.6 is 15.9 Å². The fourth-order valence-corrected chi connectivity index (χ4v) is 1.76. The van der Waals surface area contributed by atoms with Crippen LogP contribution in [-0.2, 0) is 6.42 Å². The molecule has 6 heteroatoms. The van der Waals surface area contributed by atoms with Crippen molar-refractivity contribution in [2.45, 2.75) is 26.3 Å². The zero-order valence-corrected chi connectivity index (χ0v) is 11.3. The zero-order valence-electron chi connectivity index (χ0n) is 9.74. The van der Waals surface area contributed by atoms with Gasteiger partial charge in [-0.05, 0) is 35.8 Å². The van der Waals surface area contributed by atoms with Gasteiger partial charge in [0.25, 0.3) is 0 Å². The van der Waals surface area contributed by atoms with E-state index in [1.165, 1.54) is 0 Å². The number of aromatic amines is 1. The summed E-state index contributed by atoms with van der Waals surface area (Å²) in [5, 5.41) is 10.4. The van der Waals surface area contributed by atoms with Crippen LogP contribution in [0.3, 0.4) is 0 Å². The van der Waals surface area contributed by atoms with Crippen molar-refractivity contribution in [3.8, 4) is 0 Å². The first-order valence-electron chi connectivity index (χ1n) is 5.38. The van der Waals surface area contributed by atoms with Crippen molar-refractivity contribution in [3.05, 3.63) is 34.3 Å². The fourth-order valence-electron chi connectivity index (χ4n) is 1.55. The molecule has 0 amide bonds. The fraction of sp³-hybridized carbons (Fsp3) is 0.364. The zero-order chi connectivity index (χ0) is 12.3. The van der Waals surface area contributed by atoms with Crippen LogP contribution in [0.1, 0.15) is 18.3 Å². The molecule has 90 valence electrons. The van der Waals surface area contributed by atoms with Gasteiger partial charge in [-0.15, -0.1) is 0 Å². The van der Waals surface area contributed by atoms with Crippen LogP contribution in [0.25, 0.3) is 0 Å². The van der Waals surface area contributed by atoms with Gasteiger partial charge in [-0.25, -0.2) is 9.97 Å². The number of rotatable bonds is 4. The Hall–Kier alpha value is -1.43. The average Bonchev–Trinajstić information content (AvgIpc) is 2.67. The molecular weight excluding hydrogens is 282 g/mol. The van der Waals surface area contributed by atoms with E-state index in [1.54, 1.807) is 12.4 Å². The number of hydrogen-bond donors (Lipinski definition) is 2. The molecule has 1 atom stereocenters. The first-order chi connectivity index (χ1) is 8.13. The van der Waals surface area contributed by atoms with Crippen molar-refractivity contribution in [1.82, 2.24) is 20.2 Å². The van der Waals surface area contributed by atoms with Gasteiger partial charge in [0.15, 0.2) is 0 Å². The van der Waals surface area contributed by atoms with Gasteiger partial charge in [-0.1, -0.05) is 0 Å². The van der Waals surface area contributed by atoms with Crippen LogP contribution in [0.4, 0.5) is 5.95 Å². The number of anilines is 1. The second kappa shape index (κ2) is 5.27. The highest BCUT2D eigenvalue weighted by Crippen LogP contribution is 2.09. The van der Waals surface area contributed by atoms with Crippen LogP contribution < -0.4 is 5.32 Å². The van der Waals surface area contributed by atoms with Crippen LogP contribution in [0.15, 0.2) is 22.9 Å². The van der Waals surface area contributed by atoms with E-state index in [9.17, 15) is 0 Å². The summed E-state index contributed by atoms with van der Waals surface area (Å²) in [4.78, 5) is 8.34. The van der Waals surface area contributed by atoms with Crippen molar-refractivity contribution in [2.75, 3.05) is 5.32 Å². The van der Waals surface area contributed by atoms with Crippen LogP contribution in [0, 0.1) is 6.92 Å². The first-order valence-corrected chi connectivity index (χ1v) is 6.18. The number of aromatic nitrogens is 4. The molecule has 0 aromatic carbocycles. The molecule has 0 radical (unpaired) electrons. The molecular formula is C11H14BrN5. The van der Waals surface area contributed by atoms with Crippen LogP contribution in [-0.4, -0.2) is 26.2 Å². The molecule has 0 saturated heterocycles. The molecule has 2 rings (SSSR count). The highest BCUT2D eigenvalue weighted by molar-refractivity contribution is 9.10. The number of hydrogen-bond acceptors (Lipinski definition) is 4. The average molecular weight is 296 g/mol. The quantitative estimate of drug-likeness (QED) is 0.908. The molecule has 2 heterocycles.